The summed E-state index contributed by atoms with van der Waals surface area (Å²) in [5.74, 6) is 0.0138. The fourth-order valence-corrected chi connectivity index (χ4v) is 3.41. The van der Waals surface area contributed by atoms with Gasteiger partial charge in [0, 0.05) is 22.7 Å². The number of hydrogen-bond donors (Lipinski definition) is 2. The minimum atomic E-state index is 0. The van der Waals surface area contributed by atoms with Gasteiger partial charge in [-0.3, -0.25) is 4.79 Å². The van der Waals surface area contributed by atoms with Gasteiger partial charge in [-0.15, -0.1) is 23.7 Å². The van der Waals surface area contributed by atoms with E-state index in [1.54, 1.807) is 11.3 Å². The maximum Gasteiger partial charge on any atom is 0.251 e. The highest BCUT2D eigenvalue weighted by Crippen LogP contribution is 2.25. The molecule has 5 heteroatoms. The van der Waals surface area contributed by atoms with Crippen molar-refractivity contribution in [3.8, 4) is 0 Å². The second-order valence-electron chi connectivity index (χ2n) is 5.00. The van der Waals surface area contributed by atoms with Crippen molar-refractivity contribution >= 4 is 35.3 Å². The first-order valence-electron chi connectivity index (χ1n) is 6.99. The Bertz CT molecular complexity index is 613. The molecule has 2 N–H and O–H groups in total. The normalized spacial score (nSPS) is 13.8. The summed E-state index contributed by atoms with van der Waals surface area (Å²) in [6, 6.07) is 10.1. The standard InChI is InChI=1S/C16H18N2OS.ClH/c1-2-13(15-4-3-9-20-15)18-16(19)12-5-6-14-11(10-12)7-8-17-14;/h3-6,9-10,13,17H,2,7-8H2,1H3,(H,18,19);1H. The van der Waals surface area contributed by atoms with Crippen molar-refractivity contribution in [3.05, 3.63) is 51.7 Å². The largest absolute Gasteiger partial charge is 0.384 e. The van der Waals surface area contributed by atoms with Crippen molar-refractivity contribution in [2.45, 2.75) is 25.8 Å². The SMILES string of the molecule is CCC(NC(=O)c1ccc2c(c1)CCN2)c1cccs1.Cl. The Labute approximate surface area is 135 Å². The van der Waals surface area contributed by atoms with Gasteiger partial charge in [0.1, 0.15) is 0 Å². The fraction of sp³-hybridized carbons (Fsp3) is 0.312. The van der Waals surface area contributed by atoms with Gasteiger partial charge in [-0.2, -0.15) is 0 Å². The third-order valence-corrected chi connectivity index (χ3v) is 4.66. The quantitative estimate of drug-likeness (QED) is 0.892. The van der Waals surface area contributed by atoms with E-state index in [9.17, 15) is 4.79 Å². The number of amides is 1. The minimum absolute atomic E-state index is 0. The molecule has 1 aromatic heterocycles. The van der Waals surface area contributed by atoms with Crippen molar-refractivity contribution in [2.75, 3.05) is 11.9 Å². The average molecular weight is 323 g/mol. The highest BCUT2D eigenvalue weighted by atomic mass is 35.5. The summed E-state index contributed by atoms with van der Waals surface area (Å²) >= 11 is 1.69. The van der Waals surface area contributed by atoms with E-state index in [2.05, 4.69) is 23.6 Å². The second kappa shape index (κ2) is 6.96. The monoisotopic (exact) mass is 322 g/mol. The molecule has 112 valence electrons. The summed E-state index contributed by atoms with van der Waals surface area (Å²) < 4.78 is 0. The van der Waals surface area contributed by atoms with E-state index in [1.807, 2.05) is 29.6 Å². The van der Waals surface area contributed by atoms with Crippen LogP contribution in [0.4, 0.5) is 5.69 Å². The molecule has 3 rings (SSSR count). The number of hydrogen-bond acceptors (Lipinski definition) is 3. The predicted octanol–water partition coefficient (Wildman–Crippen LogP) is 4.02. The van der Waals surface area contributed by atoms with E-state index in [0.717, 1.165) is 30.6 Å². The Balaban J connectivity index is 0.00000161. The highest BCUT2D eigenvalue weighted by Gasteiger charge is 2.17. The third kappa shape index (κ3) is 3.39. The van der Waals surface area contributed by atoms with Crippen LogP contribution >= 0.6 is 23.7 Å². The topological polar surface area (TPSA) is 41.1 Å². The maximum absolute atomic E-state index is 12.4. The number of thiophene rings is 1. The van der Waals surface area contributed by atoms with Gasteiger partial charge in [-0.25, -0.2) is 0 Å². The summed E-state index contributed by atoms with van der Waals surface area (Å²) in [5, 5.41) is 8.49. The molecule has 1 amide bonds. The Kier molecular flexibility index (Phi) is 5.26. The summed E-state index contributed by atoms with van der Waals surface area (Å²) in [6.45, 7) is 3.06. The van der Waals surface area contributed by atoms with Gasteiger partial charge in [0.2, 0.25) is 0 Å². The highest BCUT2D eigenvalue weighted by molar-refractivity contribution is 7.10. The first-order chi connectivity index (χ1) is 9.78. The van der Waals surface area contributed by atoms with E-state index in [0.29, 0.717) is 0 Å². The summed E-state index contributed by atoms with van der Waals surface area (Å²) in [5.41, 5.74) is 3.15. The van der Waals surface area contributed by atoms with Gasteiger partial charge in [-0.05, 0) is 48.1 Å². The van der Waals surface area contributed by atoms with E-state index >= 15 is 0 Å². The lowest BCUT2D eigenvalue weighted by atomic mass is 10.1. The van der Waals surface area contributed by atoms with Crippen LogP contribution in [-0.4, -0.2) is 12.5 Å². The van der Waals surface area contributed by atoms with E-state index in [1.165, 1.54) is 10.4 Å². The second-order valence-corrected chi connectivity index (χ2v) is 5.98. The Morgan fingerprint density at radius 3 is 3.00 bits per heavy atom. The molecule has 1 atom stereocenters. The summed E-state index contributed by atoms with van der Waals surface area (Å²) in [4.78, 5) is 13.6. The van der Waals surface area contributed by atoms with E-state index in [4.69, 9.17) is 0 Å². The van der Waals surface area contributed by atoms with Gasteiger partial charge >= 0.3 is 0 Å². The number of carbonyl (C=O) groups is 1. The van der Waals surface area contributed by atoms with E-state index < -0.39 is 0 Å². The van der Waals surface area contributed by atoms with Crippen molar-refractivity contribution in [3.63, 3.8) is 0 Å². The zero-order chi connectivity index (χ0) is 13.9. The number of anilines is 1. The molecule has 0 spiro atoms. The molecule has 21 heavy (non-hydrogen) atoms. The Morgan fingerprint density at radius 1 is 1.43 bits per heavy atom. The maximum atomic E-state index is 12.4. The van der Waals surface area contributed by atoms with Crippen LogP contribution in [0.1, 0.15) is 40.2 Å². The van der Waals surface area contributed by atoms with Gasteiger partial charge in [0.05, 0.1) is 6.04 Å². The lowest BCUT2D eigenvalue weighted by molar-refractivity contribution is 0.0936. The van der Waals surface area contributed by atoms with Gasteiger partial charge in [0.15, 0.2) is 0 Å². The Morgan fingerprint density at radius 2 is 2.29 bits per heavy atom. The van der Waals surface area contributed by atoms with Crippen LogP contribution in [0.2, 0.25) is 0 Å². The molecular formula is C16H19ClN2OS. The first-order valence-corrected chi connectivity index (χ1v) is 7.87. The lowest BCUT2D eigenvalue weighted by Crippen LogP contribution is -2.27. The molecule has 0 aliphatic carbocycles. The number of carbonyl (C=O) groups excluding carboxylic acids is 1. The molecule has 3 nitrogen and oxygen atoms in total. The first kappa shape index (κ1) is 15.9. The van der Waals surface area contributed by atoms with Gasteiger partial charge in [0.25, 0.3) is 5.91 Å². The molecule has 2 aromatic rings. The van der Waals surface area contributed by atoms with Crippen LogP contribution in [0.5, 0.6) is 0 Å². The van der Waals surface area contributed by atoms with Crippen LogP contribution in [0, 0.1) is 0 Å². The number of nitrogens with one attached hydrogen (secondary N) is 2. The number of benzene rings is 1. The van der Waals surface area contributed by atoms with Crippen molar-refractivity contribution in [1.82, 2.24) is 5.32 Å². The molecule has 1 unspecified atom stereocenters. The average Bonchev–Trinajstić information content (AvgIpc) is 3.14. The molecule has 1 aliphatic heterocycles. The number of rotatable bonds is 4. The van der Waals surface area contributed by atoms with Crippen LogP contribution in [-0.2, 0) is 6.42 Å². The van der Waals surface area contributed by atoms with E-state index in [-0.39, 0.29) is 24.4 Å². The molecule has 0 saturated carbocycles. The smallest absolute Gasteiger partial charge is 0.251 e. The fourth-order valence-electron chi connectivity index (χ4n) is 2.55. The third-order valence-electron chi connectivity index (χ3n) is 3.68. The van der Waals surface area contributed by atoms with Crippen LogP contribution in [0.3, 0.4) is 0 Å². The van der Waals surface area contributed by atoms with Crippen LogP contribution < -0.4 is 10.6 Å². The van der Waals surface area contributed by atoms with Crippen molar-refractivity contribution in [2.24, 2.45) is 0 Å². The molecule has 2 heterocycles. The molecule has 1 aliphatic rings. The Hall–Kier alpha value is -1.52. The van der Waals surface area contributed by atoms with Gasteiger partial charge < -0.3 is 10.6 Å². The molecule has 0 saturated heterocycles. The molecule has 0 radical (unpaired) electrons. The van der Waals surface area contributed by atoms with Crippen LogP contribution in [0.15, 0.2) is 35.7 Å². The van der Waals surface area contributed by atoms with Crippen LogP contribution in [0.25, 0.3) is 0 Å². The zero-order valence-electron chi connectivity index (χ0n) is 11.9. The molecule has 1 aromatic carbocycles. The number of halogens is 1. The summed E-state index contributed by atoms with van der Waals surface area (Å²) in [6.07, 6.45) is 1.90. The summed E-state index contributed by atoms with van der Waals surface area (Å²) in [7, 11) is 0. The zero-order valence-corrected chi connectivity index (χ0v) is 13.5. The predicted molar refractivity (Wildman–Crippen MR) is 90.7 cm³/mol. The van der Waals surface area contributed by atoms with Gasteiger partial charge in [-0.1, -0.05) is 13.0 Å². The minimum Gasteiger partial charge on any atom is -0.384 e. The lowest BCUT2D eigenvalue weighted by Gasteiger charge is -2.15. The molecule has 0 fully saturated rings. The van der Waals surface area contributed by atoms with Crippen molar-refractivity contribution in [1.29, 1.82) is 0 Å². The number of fused-ring (bicyclic) bond motifs is 1. The molecular weight excluding hydrogens is 304 g/mol. The molecule has 0 bridgehead atoms. The van der Waals surface area contributed by atoms with Crippen molar-refractivity contribution < 1.29 is 4.79 Å².